The lowest BCUT2D eigenvalue weighted by Gasteiger charge is -2.43. The van der Waals surface area contributed by atoms with Gasteiger partial charge in [0.15, 0.2) is 0 Å². The summed E-state index contributed by atoms with van der Waals surface area (Å²) in [4.78, 5) is 1.89. The van der Waals surface area contributed by atoms with E-state index in [-0.39, 0.29) is 6.61 Å². The van der Waals surface area contributed by atoms with Crippen molar-refractivity contribution in [1.82, 2.24) is 4.90 Å². The Bertz CT molecular complexity index is 361. The second-order valence-electron chi connectivity index (χ2n) is 6.88. The Morgan fingerprint density at radius 3 is 1.92 bits per heavy atom. The van der Waals surface area contributed by atoms with Crippen LogP contribution < -0.4 is 0 Å². The summed E-state index contributed by atoms with van der Waals surface area (Å²) in [6.07, 6.45) is 7.75. The molecule has 24 heavy (non-hydrogen) atoms. The first-order valence-corrected chi connectivity index (χ1v) is 9.38. The molecule has 1 fully saturated rings. The molecular weight excluding hydrogens is 308 g/mol. The molecule has 6 nitrogen and oxygen atoms in total. The lowest BCUT2D eigenvalue weighted by molar-refractivity contribution is -0.145. The Morgan fingerprint density at radius 2 is 1.38 bits per heavy atom. The van der Waals surface area contributed by atoms with Gasteiger partial charge in [-0.25, -0.2) is 0 Å². The molecule has 0 amide bonds. The zero-order valence-corrected chi connectivity index (χ0v) is 14.7. The van der Waals surface area contributed by atoms with E-state index >= 15 is 0 Å². The largest absolute Gasteiger partial charge is 0.395 e. The van der Waals surface area contributed by atoms with Crippen LogP contribution in [0.5, 0.6) is 0 Å². The van der Waals surface area contributed by atoms with Crippen molar-refractivity contribution in [2.75, 3.05) is 19.7 Å². The van der Waals surface area contributed by atoms with E-state index in [2.05, 4.69) is 6.07 Å². The van der Waals surface area contributed by atoms with Gasteiger partial charge in [-0.2, -0.15) is 5.26 Å². The molecule has 4 atom stereocenters. The average Bonchev–Trinajstić information content (AvgIpc) is 2.58. The number of β-amino-alcohol motifs (C(OH)–C–C–N with tert-alkyl or cyclic N) is 1. The predicted molar refractivity (Wildman–Crippen MR) is 92.3 cm³/mol. The second-order valence-corrected chi connectivity index (χ2v) is 6.88. The van der Waals surface area contributed by atoms with Crippen molar-refractivity contribution in [2.45, 2.75) is 88.6 Å². The van der Waals surface area contributed by atoms with Gasteiger partial charge >= 0.3 is 0 Å². The lowest BCUT2D eigenvalue weighted by Crippen LogP contribution is -2.62. The Hall–Kier alpha value is -0.710. The molecule has 0 aromatic carbocycles. The van der Waals surface area contributed by atoms with Crippen molar-refractivity contribution in [3.8, 4) is 6.07 Å². The van der Waals surface area contributed by atoms with E-state index in [1.807, 2.05) is 4.90 Å². The van der Waals surface area contributed by atoms with Crippen LogP contribution in [0.1, 0.15) is 64.2 Å². The molecule has 6 heteroatoms. The molecule has 0 aliphatic carbocycles. The number of aliphatic hydroxyl groups excluding tert-OH is 4. The fourth-order valence-corrected chi connectivity index (χ4v) is 3.39. The van der Waals surface area contributed by atoms with Crippen molar-refractivity contribution < 1.29 is 20.4 Å². The molecule has 1 aliphatic heterocycles. The summed E-state index contributed by atoms with van der Waals surface area (Å²) in [7, 11) is 0. The van der Waals surface area contributed by atoms with Crippen LogP contribution in [0.2, 0.25) is 0 Å². The quantitative estimate of drug-likeness (QED) is 0.397. The number of nitrogens with zero attached hydrogens (tertiary/aromatic N) is 2. The van der Waals surface area contributed by atoms with Crippen molar-refractivity contribution in [3.05, 3.63) is 0 Å². The Balaban J connectivity index is 2.05. The van der Waals surface area contributed by atoms with Gasteiger partial charge in [-0.3, -0.25) is 4.90 Å². The summed E-state index contributed by atoms with van der Waals surface area (Å²) >= 11 is 0. The van der Waals surface area contributed by atoms with Gasteiger partial charge in [-0.15, -0.1) is 0 Å². The zero-order chi connectivity index (χ0) is 17.8. The first-order chi connectivity index (χ1) is 11.6. The van der Waals surface area contributed by atoms with Crippen LogP contribution in [-0.4, -0.2) is 69.4 Å². The van der Waals surface area contributed by atoms with Crippen LogP contribution >= 0.6 is 0 Å². The number of aliphatic hydroxyl groups is 4. The molecular formula is C18H34N2O4. The molecule has 1 saturated heterocycles. The van der Waals surface area contributed by atoms with Crippen LogP contribution in [0.15, 0.2) is 0 Å². The van der Waals surface area contributed by atoms with E-state index in [0.29, 0.717) is 13.0 Å². The minimum Gasteiger partial charge on any atom is -0.395 e. The highest BCUT2D eigenvalue weighted by molar-refractivity contribution is 4.93. The maximum Gasteiger partial charge on any atom is 0.109 e. The maximum atomic E-state index is 9.93. The Kier molecular flexibility index (Phi) is 11.2. The molecule has 1 rings (SSSR count). The fraction of sp³-hybridized carbons (Fsp3) is 0.944. The molecule has 0 unspecified atom stereocenters. The van der Waals surface area contributed by atoms with Crippen LogP contribution in [0.4, 0.5) is 0 Å². The first-order valence-electron chi connectivity index (χ1n) is 9.38. The minimum absolute atomic E-state index is 0.212. The van der Waals surface area contributed by atoms with Gasteiger partial charge in [0.05, 0.1) is 24.8 Å². The molecule has 0 aromatic rings. The van der Waals surface area contributed by atoms with Crippen molar-refractivity contribution in [2.24, 2.45) is 0 Å². The van der Waals surface area contributed by atoms with Gasteiger partial charge in [-0.05, 0) is 19.4 Å². The summed E-state index contributed by atoms with van der Waals surface area (Å²) in [6.45, 7) is 0.809. The Morgan fingerprint density at radius 1 is 0.833 bits per heavy atom. The van der Waals surface area contributed by atoms with Crippen molar-refractivity contribution in [3.63, 3.8) is 0 Å². The monoisotopic (exact) mass is 342 g/mol. The molecule has 0 spiro atoms. The highest BCUT2D eigenvalue weighted by atomic mass is 16.4. The van der Waals surface area contributed by atoms with Crippen LogP contribution in [0.3, 0.4) is 0 Å². The van der Waals surface area contributed by atoms with Gasteiger partial charge < -0.3 is 20.4 Å². The van der Waals surface area contributed by atoms with E-state index in [4.69, 9.17) is 5.26 Å². The van der Waals surface area contributed by atoms with E-state index in [1.165, 1.54) is 32.1 Å². The summed E-state index contributed by atoms with van der Waals surface area (Å²) in [6, 6.07) is 1.68. The third kappa shape index (κ3) is 7.45. The number of piperidine rings is 1. The number of nitriles is 1. The van der Waals surface area contributed by atoms with E-state index < -0.39 is 24.4 Å². The van der Waals surface area contributed by atoms with Crippen LogP contribution in [0.25, 0.3) is 0 Å². The standard InChI is InChI=1S/C18H34N2O4/c19-11-9-7-5-3-1-2-4-6-8-10-12-20-13-16(22)18(24)17(23)15(20)14-21/h15-18,21-24H,1-10,12-14H2/t15-,16+,17-,18-/m1/s1. The van der Waals surface area contributed by atoms with Gasteiger partial charge in [0.2, 0.25) is 0 Å². The summed E-state index contributed by atoms with van der Waals surface area (Å²) in [5.74, 6) is 0. The summed E-state index contributed by atoms with van der Waals surface area (Å²) in [5.41, 5.74) is 0. The SMILES string of the molecule is N#CCCCCCCCCCCCN1C[C@H](O)[C@@H](O)[C@H](O)[C@H]1CO. The van der Waals surface area contributed by atoms with E-state index in [0.717, 1.165) is 32.2 Å². The topological polar surface area (TPSA) is 108 Å². The molecule has 1 aliphatic rings. The number of hydrogen-bond donors (Lipinski definition) is 4. The highest BCUT2D eigenvalue weighted by Gasteiger charge is 2.40. The van der Waals surface area contributed by atoms with Gasteiger partial charge in [0.25, 0.3) is 0 Å². The first kappa shape index (κ1) is 21.3. The molecule has 0 bridgehead atoms. The normalized spacial score (nSPS) is 28.0. The Labute approximate surface area is 145 Å². The molecule has 1 heterocycles. The van der Waals surface area contributed by atoms with Gasteiger partial charge in [0, 0.05) is 13.0 Å². The molecule has 0 aromatic heterocycles. The van der Waals surface area contributed by atoms with E-state index in [9.17, 15) is 20.4 Å². The number of unbranched alkanes of at least 4 members (excludes halogenated alkanes) is 9. The maximum absolute atomic E-state index is 9.93. The number of rotatable bonds is 12. The van der Waals surface area contributed by atoms with Crippen molar-refractivity contribution >= 4 is 0 Å². The van der Waals surface area contributed by atoms with E-state index in [1.54, 1.807) is 0 Å². The smallest absolute Gasteiger partial charge is 0.109 e. The number of likely N-dealkylation sites (tertiary alicyclic amines) is 1. The third-order valence-corrected chi connectivity index (χ3v) is 4.95. The predicted octanol–water partition coefficient (Wildman–Crippen LogP) is 1.17. The molecule has 0 saturated carbocycles. The van der Waals surface area contributed by atoms with Crippen LogP contribution in [0, 0.1) is 11.3 Å². The molecule has 0 radical (unpaired) electrons. The number of hydrogen-bond acceptors (Lipinski definition) is 6. The third-order valence-electron chi connectivity index (χ3n) is 4.95. The fourth-order valence-electron chi connectivity index (χ4n) is 3.39. The zero-order valence-electron chi connectivity index (χ0n) is 14.7. The summed E-state index contributed by atoms with van der Waals surface area (Å²) < 4.78 is 0. The van der Waals surface area contributed by atoms with Crippen molar-refractivity contribution in [1.29, 1.82) is 5.26 Å². The molecule has 4 N–H and O–H groups in total. The average molecular weight is 342 g/mol. The highest BCUT2D eigenvalue weighted by Crippen LogP contribution is 2.20. The lowest BCUT2D eigenvalue weighted by atomic mass is 9.94. The minimum atomic E-state index is -1.17. The second kappa shape index (κ2) is 12.6. The van der Waals surface area contributed by atoms with Gasteiger partial charge in [-0.1, -0.05) is 44.9 Å². The van der Waals surface area contributed by atoms with Gasteiger partial charge in [0.1, 0.15) is 12.2 Å². The summed E-state index contributed by atoms with van der Waals surface area (Å²) in [5, 5.41) is 47.2. The van der Waals surface area contributed by atoms with Crippen LogP contribution in [-0.2, 0) is 0 Å². The molecule has 140 valence electrons.